The van der Waals surface area contributed by atoms with Gasteiger partial charge in [0.05, 0.1) is 6.10 Å². The maximum atomic E-state index is 5.68. The van der Waals surface area contributed by atoms with E-state index in [1.54, 1.807) is 0 Å². The lowest BCUT2D eigenvalue weighted by Crippen LogP contribution is -2.26. The zero-order chi connectivity index (χ0) is 10.8. The molecule has 0 aliphatic carbocycles. The highest BCUT2D eigenvalue weighted by molar-refractivity contribution is 7.99. The third-order valence-electron chi connectivity index (χ3n) is 2.76. The highest BCUT2D eigenvalue weighted by Gasteiger charge is 2.12. The quantitative estimate of drug-likeness (QED) is 0.649. The molecule has 1 rings (SSSR count). The lowest BCUT2D eigenvalue weighted by Gasteiger charge is -2.22. The summed E-state index contributed by atoms with van der Waals surface area (Å²) in [6.07, 6.45) is 6.92. The summed E-state index contributed by atoms with van der Waals surface area (Å²) in [6, 6.07) is 0. The molecule has 0 aromatic rings. The van der Waals surface area contributed by atoms with E-state index in [-0.39, 0.29) is 0 Å². The zero-order valence-electron chi connectivity index (χ0n) is 9.96. The largest absolute Gasteiger partial charge is 0.378 e. The summed E-state index contributed by atoms with van der Waals surface area (Å²) in [5.41, 5.74) is 0. The van der Waals surface area contributed by atoms with Gasteiger partial charge in [-0.2, -0.15) is 11.8 Å². The third-order valence-corrected chi connectivity index (χ3v) is 3.75. The van der Waals surface area contributed by atoms with E-state index in [0.717, 1.165) is 13.2 Å². The van der Waals surface area contributed by atoms with Crippen LogP contribution in [0.1, 0.15) is 39.0 Å². The molecule has 1 aliphatic rings. The molecule has 1 heterocycles. The third kappa shape index (κ3) is 7.20. The van der Waals surface area contributed by atoms with Crippen LogP contribution in [0.3, 0.4) is 0 Å². The number of rotatable bonds is 8. The molecule has 15 heavy (non-hydrogen) atoms. The summed E-state index contributed by atoms with van der Waals surface area (Å²) >= 11 is 2.03. The predicted octanol–water partition coefficient (Wildman–Crippen LogP) is 2.68. The molecule has 1 unspecified atom stereocenters. The van der Waals surface area contributed by atoms with Gasteiger partial charge in [0.15, 0.2) is 0 Å². The molecule has 1 saturated heterocycles. The van der Waals surface area contributed by atoms with E-state index in [0.29, 0.717) is 6.10 Å². The number of nitrogens with one attached hydrogen (secondary N) is 1. The van der Waals surface area contributed by atoms with Crippen molar-refractivity contribution >= 4 is 11.8 Å². The Balaban J connectivity index is 1.79. The molecule has 0 radical (unpaired) electrons. The molecule has 90 valence electrons. The van der Waals surface area contributed by atoms with Crippen molar-refractivity contribution in [2.75, 3.05) is 31.2 Å². The van der Waals surface area contributed by atoms with Crippen LogP contribution in [-0.2, 0) is 4.74 Å². The Hall–Kier alpha value is 0.270. The Morgan fingerprint density at radius 2 is 2.27 bits per heavy atom. The van der Waals surface area contributed by atoms with Crippen LogP contribution in [0, 0.1) is 0 Å². The molecule has 0 saturated carbocycles. The van der Waals surface area contributed by atoms with Crippen molar-refractivity contribution in [3.63, 3.8) is 0 Å². The SMILES string of the molecule is CCSCCCNCCC1CCCCO1. The second-order valence-electron chi connectivity index (χ2n) is 4.08. The molecular formula is C12H25NOS. The van der Waals surface area contributed by atoms with Crippen molar-refractivity contribution in [1.29, 1.82) is 0 Å². The fourth-order valence-electron chi connectivity index (χ4n) is 1.87. The topological polar surface area (TPSA) is 21.3 Å². The summed E-state index contributed by atoms with van der Waals surface area (Å²) in [5, 5.41) is 3.50. The van der Waals surface area contributed by atoms with E-state index in [1.807, 2.05) is 11.8 Å². The minimum Gasteiger partial charge on any atom is -0.378 e. The molecule has 1 fully saturated rings. The van der Waals surface area contributed by atoms with Crippen LogP contribution in [0.15, 0.2) is 0 Å². The molecule has 1 aliphatic heterocycles. The van der Waals surface area contributed by atoms with Crippen molar-refractivity contribution < 1.29 is 4.74 Å². The summed E-state index contributed by atoms with van der Waals surface area (Å²) in [5.74, 6) is 2.54. The molecule has 3 heteroatoms. The van der Waals surface area contributed by atoms with E-state index in [2.05, 4.69) is 12.2 Å². The second kappa shape index (κ2) is 9.49. The van der Waals surface area contributed by atoms with Gasteiger partial charge in [-0.3, -0.25) is 0 Å². The van der Waals surface area contributed by atoms with E-state index in [4.69, 9.17) is 4.74 Å². The van der Waals surface area contributed by atoms with Gasteiger partial charge in [0.2, 0.25) is 0 Å². The lowest BCUT2D eigenvalue weighted by atomic mass is 10.1. The molecule has 0 amide bonds. The van der Waals surface area contributed by atoms with Crippen molar-refractivity contribution in [1.82, 2.24) is 5.32 Å². The lowest BCUT2D eigenvalue weighted by molar-refractivity contribution is 0.0116. The van der Waals surface area contributed by atoms with Gasteiger partial charge in [-0.1, -0.05) is 6.92 Å². The number of hydrogen-bond acceptors (Lipinski definition) is 3. The van der Waals surface area contributed by atoms with Crippen LogP contribution < -0.4 is 5.32 Å². The average molecular weight is 231 g/mol. The maximum Gasteiger partial charge on any atom is 0.0587 e. The first kappa shape index (κ1) is 13.3. The van der Waals surface area contributed by atoms with Gasteiger partial charge in [-0.05, 0) is 56.7 Å². The average Bonchev–Trinajstić information content (AvgIpc) is 2.29. The Bertz CT molecular complexity index is 138. The normalized spacial score (nSPS) is 21.8. The first-order valence-electron chi connectivity index (χ1n) is 6.33. The van der Waals surface area contributed by atoms with E-state index in [9.17, 15) is 0 Å². The van der Waals surface area contributed by atoms with E-state index < -0.39 is 0 Å². The molecule has 0 aromatic carbocycles. The van der Waals surface area contributed by atoms with Crippen molar-refractivity contribution in [3.8, 4) is 0 Å². The van der Waals surface area contributed by atoms with Gasteiger partial charge < -0.3 is 10.1 Å². The summed E-state index contributed by atoms with van der Waals surface area (Å²) < 4.78 is 5.68. The summed E-state index contributed by atoms with van der Waals surface area (Å²) in [6.45, 7) is 5.50. The zero-order valence-corrected chi connectivity index (χ0v) is 10.8. The van der Waals surface area contributed by atoms with Gasteiger partial charge in [-0.15, -0.1) is 0 Å². The number of thioether (sulfide) groups is 1. The van der Waals surface area contributed by atoms with Gasteiger partial charge in [0, 0.05) is 6.61 Å². The molecule has 0 aromatic heterocycles. The Labute approximate surface area is 98.5 Å². The van der Waals surface area contributed by atoms with Crippen LogP contribution in [0.25, 0.3) is 0 Å². The smallest absolute Gasteiger partial charge is 0.0587 e. The Morgan fingerprint density at radius 1 is 1.33 bits per heavy atom. The van der Waals surface area contributed by atoms with Gasteiger partial charge >= 0.3 is 0 Å². The first-order valence-corrected chi connectivity index (χ1v) is 7.49. The maximum absolute atomic E-state index is 5.68. The standard InChI is InChI=1S/C12H25NOS/c1-2-15-11-5-8-13-9-7-12-6-3-4-10-14-12/h12-13H,2-11H2,1H3. The van der Waals surface area contributed by atoms with E-state index in [1.165, 1.54) is 50.2 Å². The summed E-state index contributed by atoms with van der Waals surface area (Å²) in [4.78, 5) is 0. The molecule has 1 atom stereocenters. The molecule has 1 N–H and O–H groups in total. The highest BCUT2D eigenvalue weighted by atomic mass is 32.2. The molecule has 0 spiro atoms. The van der Waals surface area contributed by atoms with Crippen LogP contribution in [0.4, 0.5) is 0 Å². The van der Waals surface area contributed by atoms with Crippen LogP contribution in [-0.4, -0.2) is 37.3 Å². The minimum absolute atomic E-state index is 0.538. The fourth-order valence-corrected chi connectivity index (χ4v) is 2.50. The second-order valence-corrected chi connectivity index (χ2v) is 5.47. The van der Waals surface area contributed by atoms with Gasteiger partial charge in [0.1, 0.15) is 0 Å². The van der Waals surface area contributed by atoms with Crippen molar-refractivity contribution in [2.24, 2.45) is 0 Å². The molecular weight excluding hydrogens is 206 g/mol. The predicted molar refractivity (Wildman–Crippen MR) is 68.7 cm³/mol. The first-order chi connectivity index (χ1) is 7.43. The van der Waals surface area contributed by atoms with Crippen molar-refractivity contribution in [2.45, 2.75) is 45.1 Å². The monoisotopic (exact) mass is 231 g/mol. The minimum atomic E-state index is 0.538. The van der Waals surface area contributed by atoms with Crippen LogP contribution in [0.5, 0.6) is 0 Å². The van der Waals surface area contributed by atoms with Crippen LogP contribution in [0.2, 0.25) is 0 Å². The number of ether oxygens (including phenoxy) is 1. The molecule has 0 bridgehead atoms. The Kier molecular flexibility index (Phi) is 8.44. The van der Waals surface area contributed by atoms with Crippen LogP contribution >= 0.6 is 11.8 Å². The van der Waals surface area contributed by atoms with Gasteiger partial charge in [-0.25, -0.2) is 0 Å². The number of hydrogen-bond donors (Lipinski definition) is 1. The van der Waals surface area contributed by atoms with E-state index >= 15 is 0 Å². The summed E-state index contributed by atoms with van der Waals surface area (Å²) in [7, 11) is 0. The molecule has 2 nitrogen and oxygen atoms in total. The Morgan fingerprint density at radius 3 is 3.00 bits per heavy atom. The van der Waals surface area contributed by atoms with Gasteiger partial charge in [0.25, 0.3) is 0 Å². The van der Waals surface area contributed by atoms with Crippen molar-refractivity contribution in [3.05, 3.63) is 0 Å². The highest BCUT2D eigenvalue weighted by Crippen LogP contribution is 2.14. The fraction of sp³-hybridized carbons (Fsp3) is 1.00.